The van der Waals surface area contributed by atoms with E-state index >= 15 is 0 Å². The molecule has 1 aromatic carbocycles. The molecule has 2 heterocycles. The summed E-state index contributed by atoms with van der Waals surface area (Å²) in [5, 5.41) is 7.69. The Labute approximate surface area is 147 Å². The number of benzene rings is 1. The van der Waals surface area contributed by atoms with Crippen LogP contribution in [-0.4, -0.2) is 46.0 Å². The van der Waals surface area contributed by atoms with Crippen LogP contribution in [0.25, 0.3) is 0 Å². The van der Waals surface area contributed by atoms with Crippen molar-refractivity contribution in [3.63, 3.8) is 0 Å². The van der Waals surface area contributed by atoms with Gasteiger partial charge in [0.25, 0.3) is 5.91 Å². The first kappa shape index (κ1) is 17.0. The number of rotatable bonds is 5. The molecule has 6 heteroatoms. The molecule has 5 nitrogen and oxygen atoms in total. The Hall–Kier alpha value is -1.79. The van der Waals surface area contributed by atoms with Gasteiger partial charge in [0.15, 0.2) is 0 Å². The van der Waals surface area contributed by atoms with Gasteiger partial charge >= 0.3 is 0 Å². The molecule has 1 aliphatic heterocycles. The van der Waals surface area contributed by atoms with Crippen LogP contribution in [0.4, 0.5) is 0 Å². The van der Waals surface area contributed by atoms with Gasteiger partial charge in [-0.25, -0.2) is 0 Å². The second-order valence-corrected chi connectivity index (χ2v) is 7.31. The molecule has 0 bridgehead atoms. The van der Waals surface area contributed by atoms with Crippen LogP contribution in [0.1, 0.15) is 34.5 Å². The number of amides is 1. The predicted octanol–water partition coefficient (Wildman–Crippen LogP) is 2.46. The Morgan fingerprint density at radius 1 is 1.38 bits per heavy atom. The van der Waals surface area contributed by atoms with E-state index in [-0.39, 0.29) is 11.9 Å². The molecule has 0 saturated carbocycles. The van der Waals surface area contributed by atoms with Crippen molar-refractivity contribution in [2.75, 3.05) is 25.4 Å². The zero-order chi connectivity index (χ0) is 16.9. The third kappa shape index (κ3) is 3.99. The normalized spacial score (nSPS) is 17.9. The highest BCUT2D eigenvalue weighted by atomic mass is 32.2. The topological polar surface area (TPSA) is 50.2 Å². The second-order valence-electron chi connectivity index (χ2n) is 6.04. The molecule has 3 rings (SSSR count). The minimum Gasteiger partial charge on any atom is -0.335 e. The van der Waals surface area contributed by atoms with E-state index in [0.29, 0.717) is 6.54 Å². The lowest BCUT2D eigenvalue weighted by atomic mass is 10.1. The summed E-state index contributed by atoms with van der Waals surface area (Å²) in [4.78, 5) is 14.7. The predicted molar refractivity (Wildman–Crippen MR) is 98.1 cm³/mol. The highest BCUT2D eigenvalue weighted by Crippen LogP contribution is 2.19. The van der Waals surface area contributed by atoms with Crippen LogP contribution in [0.2, 0.25) is 0 Å². The fraction of sp³-hybridized carbons (Fsp3) is 0.444. The summed E-state index contributed by atoms with van der Waals surface area (Å²) in [6, 6.07) is 8.19. The minimum absolute atomic E-state index is 0.111. The van der Waals surface area contributed by atoms with E-state index in [1.807, 2.05) is 48.2 Å². The molecule has 1 aromatic heterocycles. The summed E-state index contributed by atoms with van der Waals surface area (Å²) in [6.07, 6.45) is 3.87. The number of aryl methyl sites for hydroxylation is 1. The van der Waals surface area contributed by atoms with Crippen LogP contribution >= 0.6 is 11.8 Å². The number of piperazine rings is 1. The number of hydrogen-bond donors (Lipinski definition) is 1. The lowest BCUT2D eigenvalue weighted by molar-refractivity contribution is 0.0703. The van der Waals surface area contributed by atoms with Gasteiger partial charge in [-0.1, -0.05) is 19.1 Å². The summed E-state index contributed by atoms with van der Waals surface area (Å²) in [7, 11) is 1.91. The van der Waals surface area contributed by atoms with Crippen molar-refractivity contribution in [1.29, 1.82) is 0 Å². The van der Waals surface area contributed by atoms with Crippen molar-refractivity contribution in [1.82, 2.24) is 20.0 Å². The molecule has 1 aliphatic rings. The molecular formula is C18H24N4OS. The Balaban J connectivity index is 1.65. The Morgan fingerprint density at radius 2 is 2.17 bits per heavy atom. The fourth-order valence-corrected chi connectivity index (χ4v) is 3.56. The van der Waals surface area contributed by atoms with E-state index in [1.54, 1.807) is 4.68 Å². The Kier molecular flexibility index (Phi) is 5.58. The molecule has 1 N–H and O–H groups in total. The maximum atomic E-state index is 12.8. The van der Waals surface area contributed by atoms with Gasteiger partial charge in [-0.15, -0.1) is 0 Å². The molecule has 0 aliphatic carbocycles. The lowest BCUT2D eigenvalue weighted by Crippen LogP contribution is -2.48. The molecule has 1 fully saturated rings. The quantitative estimate of drug-likeness (QED) is 0.905. The van der Waals surface area contributed by atoms with Crippen molar-refractivity contribution in [2.45, 2.75) is 18.7 Å². The monoisotopic (exact) mass is 344 g/mol. The van der Waals surface area contributed by atoms with Crippen LogP contribution in [0.3, 0.4) is 0 Å². The standard InChI is InChI=1S/C18H24N4OS/c1-3-24-13-14-4-6-15(7-5-14)18(23)22-9-8-19-17(12-22)16-10-20-21(2)11-16/h4-7,10-11,17,19H,3,8-9,12-13H2,1-2H3. The second kappa shape index (κ2) is 7.85. The van der Waals surface area contributed by atoms with E-state index in [2.05, 4.69) is 29.5 Å². The SMILES string of the molecule is CCSCc1ccc(C(=O)N2CCNC(c3cnn(C)c3)C2)cc1. The van der Waals surface area contributed by atoms with Crippen molar-refractivity contribution in [3.8, 4) is 0 Å². The first-order valence-corrected chi connectivity index (χ1v) is 9.50. The number of hydrogen-bond acceptors (Lipinski definition) is 4. The van der Waals surface area contributed by atoms with E-state index in [4.69, 9.17) is 0 Å². The summed E-state index contributed by atoms with van der Waals surface area (Å²) in [5.74, 6) is 2.22. The highest BCUT2D eigenvalue weighted by Gasteiger charge is 2.25. The molecule has 1 atom stereocenters. The van der Waals surface area contributed by atoms with E-state index < -0.39 is 0 Å². The molecular weight excluding hydrogens is 320 g/mol. The highest BCUT2D eigenvalue weighted by molar-refractivity contribution is 7.98. The average molecular weight is 344 g/mol. The molecule has 0 spiro atoms. The molecule has 0 radical (unpaired) electrons. The van der Waals surface area contributed by atoms with Crippen molar-refractivity contribution in [3.05, 3.63) is 53.3 Å². The summed E-state index contributed by atoms with van der Waals surface area (Å²) >= 11 is 1.89. The van der Waals surface area contributed by atoms with Gasteiger partial charge in [0.1, 0.15) is 0 Å². The lowest BCUT2D eigenvalue weighted by Gasteiger charge is -2.33. The molecule has 2 aromatic rings. The number of carbonyl (C=O) groups is 1. The Morgan fingerprint density at radius 3 is 2.83 bits per heavy atom. The van der Waals surface area contributed by atoms with Crippen molar-refractivity contribution < 1.29 is 4.79 Å². The summed E-state index contributed by atoms with van der Waals surface area (Å²) in [5.41, 5.74) is 3.17. The number of carbonyl (C=O) groups excluding carboxylic acids is 1. The van der Waals surface area contributed by atoms with Crippen molar-refractivity contribution in [2.24, 2.45) is 7.05 Å². The first-order chi connectivity index (χ1) is 11.7. The van der Waals surface area contributed by atoms with E-state index in [1.165, 1.54) is 5.56 Å². The van der Waals surface area contributed by atoms with Gasteiger partial charge < -0.3 is 10.2 Å². The Bertz CT molecular complexity index is 683. The summed E-state index contributed by atoms with van der Waals surface area (Å²) < 4.78 is 1.80. The summed E-state index contributed by atoms with van der Waals surface area (Å²) in [6.45, 7) is 4.38. The third-order valence-corrected chi connectivity index (χ3v) is 5.21. The molecule has 24 heavy (non-hydrogen) atoms. The number of thioether (sulfide) groups is 1. The van der Waals surface area contributed by atoms with E-state index in [0.717, 1.165) is 35.7 Å². The van der Waals surface area contributed by atoms with Gasteiger partial charge in [-0.3, -0.25) is 9.48 Å². The maximum absolute atomic E-state index is 12.8. The molecule has 1 unspecified atom stereocenters. The maximum Gasteiger partial charge on any atom is 0.253 e. The van der Waals surface area contributed by atoms with Gasteiger partial charge in [-0.2, -0.15) is 16.9 Å². The van der Waals surface area contributed by atoms with Gasteiger partial charge in [0, 0.05) is 49.8 Å². The molecule has 1 saturated heterocycles. The van der Waals surface area contributed by atoms with Crippen LogP contribution < -0.4 is 5.32 Å². The zero-order valence-electron chi connectivity index (χ0n) is 14.2. The van der Waals surface area contributed by atoms with Crippen LogP contribution in [0.5, 0.6) is 0 Å². The number of aromatic nitrogens is 2. The van der Waals surface area contributed by atoms with Crippen LogP contribution in [0, 0.1) is 0 Å². The van der Waals surface area contributed by atoms with Gasteiger partial charge in [0.2, 0.25) is 0 Å². The average Bonchev–Trinajstić information content (AvgIpc) is 3.06. The van der Waals surface area contributed by atoms with Crippen LogP contribution in [-0.2, 0) is 12.8 Å². The van der Waals surface area contributed by atoms with Crippen molar-refractivity contribution >= 4 is 17.7 Å². The zero-order valence-corrected chi connectivity index (χ0v) is 15.1. The van der Waals surface area contributed by atoms with Gasteiger partial charge in [-0.05, 0) is 23.4 Å². The van der Waals surface area contributed by atoms with Gasteiger partial charge in [0.05, 0.1) is 12.2 Å². The largest absolute Gasteiger partial charge is 0.335 e. The molecule has 128 valence electrons. The number of nitrogens with zero attached hydrogens (tertiary/aromatic N) is 3. The van der Waals surface area contributed by atoms with E-state index in [9.17, 15) is 4.79 Å². The first-order valence-electron chi connectivity index (χ1n) is 8.35. The third-order valence-electron chi connectivity index (χ3n) is 4.26. The smallest absolute Gasteiger partial charge is 0.253 e. The van der Waals surface area contributed by atoms with Crippen LogP contribution in [0.15, 0.2) is 36.7 Å². The molecule has 1 amide bonds. The number of nitrogens with one attached hydrogen (secondary N) is 1. The fourth-order valence-electron chi connectivity index (χ4n) is 2.92. The minimum atomic E-state index is 0.111.